The molecule has 6 heteroatoms. The SMILES string of the molecule is CC1(C)OC(=O)C(=C2C3CC4CC2CC(C3)C42OCCO2)C(=O)O1. The van der Waals surface area contributed by atoms with Crippen LogP contribution < -0.4 is 0 Å². The van der Waals surface area contributed by atoms with Crippen LogP contribution in [-0.4, -0.2) is 36.7 Å². The lowest BCUT2D eigenvalue weighted by Crippen LogP contribution is -2.59. The second-order valence-electron chi connectivity index (χ2n) is 8.16. The molecule has 6 aliphatic rings. The Bertz CT molecular complexity index is 598. The molecule has 130 valence electrons. The summed E-state index contributed by atoms with van der Waals surface area (Å²) >= 11 is 0. The van der Waals surface area contributed by atoms with E-state index in [9.17, 15) is 9.59 Å². The van der Waals surface area contributed by atoms with Crippen molar-refractivity contribution >= 4 is 11.9 Å². The first-order chi connectivity index (χ1) is 11.4. The molecule has 0 atom stereocenters. The molecule has 2 heterocycles. The number of ether oxygens (including phenoxy) is 4. The highest BCUT2D eigenvalue weighted by Crippen LogP contribution is 2.63. The van der Waals surface area contributed by atoms with E-state index in [0.29, 0.717) is 25.0 Å². The molecular weight excluding hydrogens is 312 g/mol. The maximum absolute atomic E-state index is 12.5. The Labute approximate surface area is 140 Å². The molecule has 2 saturated heterocycles. The fourth-order valence-corrected chi connectivity index (χ4v) is 5.80. The summed E-state index contributed by atoms with van der Waals surface area (Å²) in [6.45, 7) is 4.51. The molecule has 0 aromatic heterocycles. The van der Waals surface area contributed by atoms with Gasteiger partial charge in [-0.2, -0.15) is 0 Å². The standard InChI is InChI=1S/C18H22O6/c1-17(2)23-15(19)14(16(20)24-17)13-9-5-11-7-10(13)8-12(6-9)18(11)21-3-4-22-18/h9-12H,3-8H2,1-2H3. The maximum atomic E-state index is 12.5. The Morgan fingerprint density at radius 2 is 1.29 bits per heavy atom. The molecular formula is C18H22O6. The van der Waals surface area contributed by atoms with Crippen LogP contribution in [0.4, 0.5) is 0 Å². The van der Waals surface area contributed by atoms with Crippen molar-refractivity contribution in [1.82, 2.24) is 0 Å². The Hall–Kier alpha value is -1.40. The Kier molecular flexibility index (Phi) is 2.86. The first-order valence-corrected chi connectivity index (χ1v) is 8.88. The maximum Gasteiger partial charge on any atom is 0.348 e. The number of hydrogen-bond donors (Lipinski definition) is 0. The Morgan fingerprint density at radius 3 is 1.75 bits per heavy atom. The number of esters is 2. The zero-order valence-corrected chi connectivity index (χ0v) is 14.0. The van der Waals surface area contributed by atoms with Gasteiger partial charge in [-0.25, -0.2) is 9.59 Å². The van der Waals surface area contributed by atoms with E-state index in [-0.39, 0.29) is 17.4 Å². The molecule has 6 nitrogen and oxygen atoms in total. The van der Waals surface area contributed by atoms with Crippen molar-refractivity contribution in [3.63, 3.8) is 0 Å². The van der Waals surface area contributed by atoms with Crippen LogP contribution >= 0.6 is 0 Å². The van der Waals surface area contributed by atoms with Crippen molar-refractivity contribution in [2.24, 2.45) is 23.7 Å². The summed E-state index contributed by atoms with van der Waals surface area (Å²) in [4.78, 5) is 24.9. The second kappa shape index (κ2) is 4.61. The quantitative estimate of drug-likeness (QED) is 0.383. The summed E-state index contributed by atoms with van der Waals surface area (Å²) in [5.74, 6) is -1.44. The van der Waals surface area contributed by atoms with Crippen molar-refractivity contribution in [2.45, 2.75) is 51.1 Å². The zero-order valence-electron chi connectivity index (χ0n) is 14.0. The minimum absolute atomic E-state index is 0.158. The van der Waals surface area contributed by atoms with Gasteiger partial charge in [0.25, 0.3) is 5.79 Å². The third-order valence-corrected chi connectivity index (χ3v) is 6.41. The molecule has 1 spiro atoms. The summed E-state index contributed by atoms with van der Waals surface area (Å²) in [6, 6.07) is 0. The van der Waals surface area contributed by atoms with E-state index in [1.807, 2.05) is 0 Å². The van der Waals surface area contributed by atoms with Crippen LogP contribution in [0.5, 0.6) is 0 Å². The molecule has 4 saturated carbocycles. The largest absolute Gasteiger partial charge is 0.419 e. The molecule has 0 unspecified atom stereocenters. The van der Waals surface area contributed by atoms with Crippen LogP contribution in [0.15, 0.2) is 11.1 Å². The molecule has 0 N–H and O–H groups in total. The summed E-state index contributed by atoms with van der Waals surface area (Å²) in [5, 5.41) is 0. The van der Waals surface area contributed by atoms with Crippen molar-refractivity contribution in [2.75, 3.05) is 13.2 Å². The third kappa shape index (κ3) is 1.84. The third-order valence-electron chi connectivity index (χ3n) is 6.41. The first kappa shape index (κ1) is 14.9. The summed E-state index contributed by atoms with van der Waals surface area (Å²) in [7, 11) is 0. The van der Waals surface area contributed by atoms with E-state index in [4.69, 9.17) is 18.9 Å². The van der Waals surface area contributed by atoms with E-state index >= 15 is 0 Å². The molecule has 0 aromatic rings. The minimum Gasteiger partial charge on any atom is -0.419 e. The van der Waals surface area contributed by atoms with E-state index in [1.54, 1.807) is 13.8 Å². The lowest BCUT2D eigenvalue weighted by atomic mass is 9.50. The van der Waals surface area contributed by atoms with Crippen molar-refractivity contribution < 1.29 is 28.5 Å². The number of cyclic esters (lactones) is 2. The predicted octanol–water partition coefficient (Wildman–Crippen LogP) is 1.93. The van der Waals surface area contributed by atoms with Gasteiger partial charge in [0.05, 0.1) is 13.2 Å². The summed E-state index contributed by atoms with van der Waals surface area (Å²) in [5.41, 5.74) is 1.13. The summed E-state index contributed by atoms with van der Waals surface area (Å²) in [6.07, 6.45) is 3.65. The van der Waals surface area contributed by atoms with Gasteiger partial charge in [-0.3, -0.25) is 0 Å². The van der Waals surface area contributed by atoms with Crippen LogP contribution in [-0.2, 0) is 28.5 Å². The highest BCUT2D eigenvalue weighted by atomic mass is 16.7. The van der Waals surface area contributed by atoms with Gasteiger partial charge in [-0.1, -0.05) is 0 Å². The van der Waals surface area contributed by atoms with Gasteiger partial charge in [0.2, 0.25) is 0 Å². The number of carbonyl (C=O) groups excluding carboxylic acids is 2. The number of carbonyl (C=O) groups is 2. The molecule has 6 fully saturated rings. The number of allylic oxidation sites excluding steroid dienone is 1. The van der Waals surface area contributed by atoms with Gasteiger partial charge in [-0.05, 0) is 43.1 Å². The Balaban J connectivity index is 1.51. The lowest BCUT2D eigenvalue weighted by molar-refractivity contribution is -0.279. The normalized spacial score (nSPS) is 41.8. The van der Waals surface area contributed by atoms with Crippen molar-refractivity contribution in [1.29, 1.82) is 0 Å². The number of rotatable bonds is 0. The van der Waals surface area contributed by atoms with Crippen LogP contribution in [0.25, 0.3) is 0 Å². The molecule has 4 bridgehead atoms. The second-order valence-corrected chi connectivity index (χ2v) is 8.16. The predicted molar refractivity (Wildman–Crippen MR) is 80.4 cm³/mol. The fraction of sp³-hybridized carbons (Fsp3) is 0.778. The van der Waals surface area contributed by atoms with Gasteiger partial charge in [0.1, 0.15) is 5.57 Å². The molecule has 0 aromatic carbocycles. The van der Waals surface area contributed by atoms with Crippen molar-refractivity contribution in [3.05, 3.63) is 11.1 Å². The van der Waals surface area contributed by atoms with Crippen LogP contribution in [0.2, 0.25) is 0 Å². The zero-order chi connectivity index (χ0) is 16.7. The fourth-order valence-electron chi connectivity index (χ4n) is 5.80. The molecule has 0 radical (unpaired) electrons. The minimum atomic E-state index is -1.18. The van der Waals surface area contributed by atoms with Gasteiger partial charge < -0.3 is 18.9 Å². The highest BCUT2D eigenvalue weighted by molar-refractivity contribution is 6.16. The first-order valence-electron chi connectivity index (χ1n) is 8.88. The number of hydrogen-bond acceptors (Lipinski definition) is 6. The average Bonchev–Trinajstić information content (AvgIpc) is 2.93. The Morgan fingerprint density at radius 1 is 0.833 bits per heavy atom. The topological polar surface area (TPSA) is 71.1 Å². The average molecular weight is 334 g/mol. The molecule has 0 amide bonds. The molecule has 24 heavy (non-hydrogen) atoms. The molecule has 2 aliphatic heterocycles. The van der Waals surface area contributed by atoms with E-state index in [2.05, 4.69) is 0 Å². The highest BCUT2D eigenvalue weighted by Gasteiger charge is 2.63. The van der Waals surface area contributed by atoms with E-state index in [1.165, 1.54) is 0 Å². The monoisotopic (exact) mass is 334 g/mol. The van der Waals surface area contributed by atoms with Crippen LogP contribution in [0.3, 0.4) is 0 Å². The van der Waals surface area contributed by atoms with E-state index in [0.717, 1.165) is 31.3 Å². The summed E-state index contributed by atoms with van der Waals surface area (Å²) < 4.78 is 22.7. The molecule has 6 rings (SSSR count). The van der Waals surface area contributed by atoms with Crippen LogP contribution in [0.1, 0.15) is 39.5 Å². The van der Waals surface area contributed by atoms with Crippen LogP contribution in [0, 0.1) is 23.7 Å². The lowest BCUT2D eigenvalue weighted by Gasteiger charge is -2.59. The van der Waals surface area contributed by atoms with Gasteiger partial charge in [0, 0.05) is 25.7 Å². The van der Waals surface area contributed by atoms with Gasteiger partial charge in [0.15, 0.2) is 5.79 Å². The van der Waals surface area contributed by atoms with Gasteiger partial charge in [-0.15, -0.1) is 0 Å². The molecule has 4 aliphatic carbocycles. The van der Waals surface area contributed by atoms with E-state index < -0.39 is 23.5 Å². The van der Waals surface area contributed by atoms with Gasteiger partial charge >= 0.3 is 11.9 Å². The smallest absolute Gasteiger partial charge is 0.348 e. The van der Waals surface area contributed by atoms with Crippen molar-refractivity contribution in [3.8, 4) is 0 Å².